The van der Waals surface area contributed by atoms with Gasteiger partial charge >= 0.3 is 0 Å². The fourth-order valence-corrected chi connectivity index (χ4v) is 5.26. The first-order chi connectivity index (χ1) is 15.0. The lowest BCUT2D eigenvalue weighted by molar-refractivity contribution is -0.134. The van der Waals surface area contributed by atoms with Crippen molar-refractivity contribution in [3.8, 4) is 0 Å². The van der Waals surface area contributed by atoms with Crippen molar-refractivity contribution in [1.29, 1.82) is 0 Å². The van der Waals surface area contributed by atoms with Crippen LogP contribution < -0.4 is 21.7 Å². The van der Waals surface area contributed by atoms with Gasteiger partial charge in [0, 0.05) is 36.9 Å². The van der Waals surface area contributed by atoms with Crippen molar-refractivity contribution in [2.45, 2.75) is 38.8 Å². The van der Waals surface area contributed by atoms with Gasteiger partial charge in [0.2, 0.25) is 11.8 Å². The second-order valence-electron chi connectivity index (χ2n) is 8.65. The van der Waals surface area contributed by atoms with Crippen molar-refractivity contribution in [3.63, 3.8) is 0 Å². The summed E-state index contributed by atoms with van der Waals surface area (Å²) >= 11 is 1.60. The minimum Gasteiger partial charge on any atom is -0.394 e. The fraction of sp³-hybridized carbons (Fsp3) is 0.478. The van der Waals surface area contributed by atoms with E-state index in [1.165, 1.54) is 0 Å². The van der Waals surface area contributed by atoms with Crippen LogP contribution in [-0.4, -0.2) is 42.9 Å². The number of dihydropyridines is 1. The molecule has 1 saturated carbocycles. The Morgan fingerprint density at radius 2 is 2.26 bits per heavy atom. The molecule has 0 aromatic carbocycles. The molecule has 1 aliphatic carbocycles. The van der Waals surface area contributed by atoms with E-state index in [-0.39, 0.29) is 17.2 Å². The number of thiophene rings is 1. The van der Waals surface area contributed by atoms with Gasteiger partial charge in [0.1, 0.15) is 6.04 Å². The van der Waals surface area contributed by atoms with Crippen LogP contribution in [-0.2, 0) is 16.1 Å². The second-order valence-corrected chi connectivity index (χ2v) is 9.65. The summed E-state index contributed by atoms with van der Waals surface area (Å²) in [4.78, 5) is 28.7. The first-order valence-corrected chi connectivity index (χ1v) is 11.7. The number of amides is 2. The SMILES string of the molecule is CN/C=C(\CN)c1csc(CNC(=O)C2C=C(N3CC[C@@](C)(C4CC4)C3=O)C=CN2)c1. The number of rotatable bonds is 8. The van der Waals surface area contributed by atoms with Crippen molar-refractivity contribution < 1.29 is 9.59 Å². The summed E-state index contributed by atoms with van der Waals surface area (Å²) < 4.78 is 0. The Kier molecular flexibility index (Phi) is 6.20. The maximum atomic E-state index is 13.0. The molecule has 0 bridgehead atoms. The number of nitrogens with zero attached hydrogens (tertiary/aromatic N) is 1. The normalized spacial score (nSPS) is 26.0. The monoisotopic (exact) mass is 441 g/mol. The molecule has 31 heavy (non-hydrogen) atoms. The smallest absolute Gasteiger partial charge is 0.246 e. The van der Waals surface area contributed by atoms with Gasteiger partial charge in [-0.2, -0.15) is 0 Å². The van der Waals surface area contributed by atoms with Gasteiger partial charge in [-0.15, -0.1) is 11.3 Å². The second kappa shape index (κ2) is 8.88. The maximum absolute atomic E-state index is 13.0. The third-order valence-corrected chi connectivity index (χ3v) is 7.46. The topological polar surface area (TPSA) is 99.5 Å². The molecule has 3 aliphatic rings. The number of nitrogens with one attached hydrogen (secondary N) is 3. The number of hydrogen-bond donors (Lipinski definition) is 4. The van der Waals surface area contributed by atoms with Crippen molar-refractivity contribution in [2.24, 2.45) is 17.1 Å². The van der Waals surface area contributed by atoms with Crippen LogP contribution in [0.15, 0.2) is 41.7 Å². The van der Waals surface area contributed by atoms with Crippen LogP contribution in [0.2, 0.25) is 0 Å². The molecule has 1 unspecified atom stereocenters. The van der Waals surface area contributed by atoms with Gasteiger partial charge in [0.25, 0.3) is 0 Å². The average Bonchev–Trinajstić information content (AvgIpc) is 3.47. The number of nitrogens with two attached hydrogens (primary N) is 1. The Hall–Kier alpha value is -2.58. The molecular weight excluding hydrogens is 410 g/mol. The number of carbonyl (C=O) groups is 2. The Morgan fingerprint density at radius 3 is 2.97 bits per heavy atom. The molecule has 2 aliphatic heterocycles. The van der Waals surface area contributed by atoms with Crippen LogP contribution in [0.25, 0.3) is 5.57 Å². The van der Waals surface area contributed by atoms with E-state index in [1.54, 1.807) is 17.5 Å². The van der Waals surface area contributed by atoms with E-state index in [2.05, 4.69) is 28.9 Å². The summed E-state index contributed by atoms with van der Waals surface area (Å²) in [6.45, 7) is 3.72. The molecular formula is C23H31N5O2S. The average molecular weight is 442 g/mol. The molecule has 1 aromatic heterocycles. The number of allylic oxidation sites excluding steroid dienone is 1. The summed E-state index contributed by atoms with van der Waals surface area (Å²) in [7, 11) is 1.85. The zero-order valence-electron chi connectivity index (χ0n) is 18.1. The first-order valence-electron chi connectivity index (χ1n) is 10.8. The molecule has 2 fully saturated rings. The zero-order chi connectivity index (χ0) is 22.0. The van der Waals surface area contributed by atoms with E-state index in [0.717, 1.165) is 47.5 Å². The molecule has 1 aromatic rings. The van der Waals surface area contributed by atoms with Gasteiger partial charge in [0.15, 0.2) is 0 Å². The van der Waals surface area contributed by atoms with Crippen molar-refractivity contribution in [3.05, 3.63) is 52.1 Å². The van der Waals surface area contributed by atoms with E-state index in [0.29, 0.717) is 19.0 Å². The van der Waals surface area contributed by atoms with E-state index >= 15 is 0 Å². The number of carbonyl (C=O) groups excluding carboxylic acids is 2. The van der Waals surface area contributed by atoms with Gasteiger partial charge in [-0.1, -0.05) is 6.92 Å². The summed E-state index contributed by atoms with van der Waals surface area (Å²) in [6, 6.07) is 1.56. The molecule has 1 saturated heterocycles. The standard InChI is InChI=1S/C23H31N5O2S/c1-23(17-3-4-17)6-8-28(22(23)30)18-5-7-26-20(10-18)21(29)27-13-19-9-15(14-31-19)16(11-24)12-25-2/h5,7,9-10,12,14,17,20,25-26H,3-4,6,8,11,13,24H2,1-2H3,(H,27,29)/b16-12+/t20?,23-/m0/s1. The highest BCUT2D eigenvalue weighted by Crippen LogP contribution is 2.51. The zero-order valence-corrected chi connectivity index (χ0v) is 18.9. The lowest BCUT2D eigenvalue weighted by Gasteiger charge is -2.26. The van der Waals surface area contributed by atoms with Crippen molar-refractivity contribution in [2.75, 3.05) is 20.1 Å². The Morgan fingerprint density at radius 1 is 1.45 bits per heavy atom. The summed E-state index contributed by atoms with van der Waals surface area (Å²) in [5.74, 6) is 0.607. The quantitative estimate of drug-likeness (QED) is 0.494. The molecule has 5 N–H and O–H groups in total. The van der Waals surface area contributed by atoms with Crippen LogP contribution in [0.5, 0.6) is 0 Å². The minimum absolute atomic E-state index is 0.113. The van der Waals surface area contributed by atoms with Crippen LogP contribution >= 0.6 is 11.3 Å². The Balaban J connectivity index is 1.37. The predicted molar refractivity (Wildman–Crippen MR) is 124 cm³/mol. The minimum atomic E-state index is -0.496. The van der Waals surface area contributed by atoms with Crippen LogP contribution in [0.1, 0.15) is 36.6 Å². The molecule has 3 heterocycles. The van der Waals surface area contributed by atoms with Gasteiger partial charge in [0.05, 0.1) is 12.0 Å². The third-order valence-electron chi connectivity index (χ3n) is 6.53. The molecule has 2 amide bonds. The van der Waals surface area contributed by atoms with Gasteiger partial charge in [-0.05, 0) is 66.1 Å². The van der Waals surface area contributed by atoms with E-state index in [1.807, 2.05) is 35.7 Å². The highest BCUT2D eigenvalue weighted by atomic mass is 32.1. The van der Waals surface area contributed by atoms with Crippen molar-refractivity contribution in [1.82, 2.24) is 20.9 Å². The largest absolute Gasteiger partial charge is 0.394 e. The van der Waals surface area contributed by atoms with E-state index in [4.69, 9.17) is 5.73 Å². The Bertz CT molecular complexity index is 946. The van der Waals surface area contributed by atoms with Crippen LogP contribution in [0.4, 0.5) is 0 Å². The Labute approximate surface area is 187 Å². The highest BCUT2D eigenvalue weighted by Gasteiger charge is 2.52. The first kappa shape index (κ1) is 21.6. The van der Waals surface area contributed by atoms with E-state index < -0.39 is 6.04 Å². The predicted octanol–water partition coefficient (Wildman–Crippen LogP) is 1.90. The molecule has 4 rings (SSSR count). The van der Waals surface area contributed by atoms with Gasteiger partial charge in [-0.25, -0.2) is 0 Å². The summed E-state index contributed by atoms with van der Waals surface area (Å²) in [6.07, 6.45) is 10.6. The lowest BCUT2D eigenvalue weighted by Crippen LogP contribution is -2.43. The fourth-order valence-electron chi connectivity index (χ4n) is 4.41. The van der Waals surface area contributed by atoms with Crippen LogP contribution in [0.3, 0.4) is 0 Å². The molecule has 8 heteroatoms. The summed E-state index contributed by atoms with van der Waals surface area (Å²) in [5.41, 5.74) is 8.48. The highest BCUT2D eigenvalue weighted by molar-refractivity contribution is 7.10. The molecule has 166 valence electrons. The van der Waals surface area contributed by atoms with E-state index in [9.17, 15) is 9.59 Å². The number of likely N-dealkylation sites (tertiary alicyclic amines) is 1. The van der Waals surface area contributed by atoms with Gasteiger partial charge in [-0.3, -0.25) is 9.59 Å². The maximum Gasteiger partial charge on any atom is 0.246 e. The van der Waals surface area contributed by atoms with Crippen LogP contribution in [0, 0.1) is 11.3 Å². The molecule has 0 radical (unpaired) electrons. The van der Waals surface area contributed by atoms with Crippen molar-refractivity contribution >= 4 is 28.7 Å². The number of hydrogen-bond acceptors (Lipinski definition) is 6. The summed E-state index contributed by atoms with van der Waals surface area (Å²) in [5, 5.41) is 11.1. The molecule has 0 spiro atoms. The van der Waals surface area contributed by atoms with Gasteiger partial charge < -0.3 is 26.6 Å². The molecule has 2 atom stereocenters. The lowest BCUT2D eigenvalue weighted by atomic mass is 9.83. The molecule has 7 nitrogen and oxygen atoms in total. The third kappa shape index (κ3) is 4.41.